The standard InChI is InChI=1S/C19H25N3O3S2/c1-14-6-4-7-15(2)18(14)20-19(23)16(3)21-9-11-22(12-10-21)27(24,25)17-8-5-13-26-17/h4-8,13,16H,9-12H2,1-3H3,(H,20,23)/p+1/t16-/m0/s1. The molecule has 1 amide bonds. The van der Waals surface area contributed by atoms with Gasteiger partial charge in [0.2, 0.25) is 0 Å². The van der Waals surface area contributed by atoms with Crippen LogP contribution in [0.25, 0.3) is 0 Å². The summed E-state index contributed by atoms with van der Waals surface area (Å²) in [5.41, 5.74) is 2.95. The lowest BCUT2D eigenvalue weighted by atomic mass is 10.1. The summed E-state index contributed by atoms with van der Waals surface area (Å²) in [6.07, 6.45) is 0. The van der Waals surface area contributed by atoms with E-state index in [1.54, 1.807) is 17.5 Å². The third kappa shape index (κ3) is 4.24. The molecule has 0 radical (unpaired) electrons. The molecule has 1 aromatic heterocycles. The Morgan fingerprint density at radius 1 is 1.15 bits per heavy atom. The number of hydrogen-bond donors (Lipinski definition) is 2. The zero-order chi connectivity index (χ0) is 19.6. The van der Waals surface area contributed by atoms with E-state index in [-0.39, 0.29) is 11.9 Å². The number of sulfonamides is 1. The lowest BCUT2D eigenvalue weighted by Gasteiger charge is -2.34. The first kappa shape index (κ1) is 20.0. The summed E-state index contributed by atoms with van der Waals surface area (Å²) in [7, 11) is -3.41. The van der Waals surface area contributed by atoms with Crippen LogP contribution in [0.2, 0.25) is 0 Å². The number of para-hydroxylation sites is 1. The van der Waals surface area contributed by atoms with Crippen LogP contribution in [0.4, 0.5) is 5.69 Å². The molecule has 0 unspecified atom stereocenters. The van der Waals surface area contributed by atoms with Crippen LogP contribution in [0.1, 0.15) is 18.1 Å². The second-order valence-corrected chi connectivity index (χ2v) is 10.1. The molecule has 0 saturated carbocycles. The summed E-state index contributed by atoms with van der Waals surface area (Å²) in [5.74, 6) is -0.0306. The molecule has 8 heteroatoms. The Bertz CT molecular complexity index is 882. The molecule has 6 nitrogen and oxygen atoms in total. The third-order valence-corrected chi connectivity index (χ3v) is 8.46. The number of aryl methyl sites for hydroxylation is 2. The zero-order valence-corrected chi connectivity index (χ0v) is 17.5. The summed E-state index contributed by atoms with van der Waals surface area (Å²) in [4.78, 5) is 13.8. The first-order chi connectivity index (χ1) is 12.8. The molecule has 146 valence electrons. The molecule has 0 spiro atoms. The summed E-state index contributed by atoms with van der Waals surface area (Å²) >= 11 is 1.24. The SMILES string of the molecule is Cc1cccc(C)c1NC(=O)[C@H](C)[NH+]1CCN(S(=O)(=O)c2cccs2)CC1. The zero-order valence-electron chi connectivity index (χ0n) is 15.9. The Kier molecular flexibility index (Phi) is 6.00. The van der Waals surface area contributed by atoms with Gasteiger partial charge < -0.3 is 10.2 Å². The molecule has 1 aliphatic heterocycles. The second kappa shape index (κ2) is 8.10. The molecule has 1 atom stereocenters. The molecule has 27 heavy (non-hydrogen) atoms. The van der Waals surface area contributed by atoms with Gasteiger partial charge in [-0.3, -0.25) is 4.79 Å². The van der Waals surface area contributed by atoms with Gasteiger partial charge in [0.05, 0.1) is 26.2 Å². The summed E-state index contributed by atoms with van der Waals surface area (Å²) in [6, 6.07) is 9.08. The molecule has 1 saturated heterocycles. The van der Waals surface area contributed by atoms with E-state index in [1.807, 2.05) is 39.0 Å². The number of carbonyl (C=O) groups is 1. The van der Waals surface area contributed by atoms with Crippen LogP contribution < -0.4 is 10.2 Å². The van der Waals surface area contributed by atoms with E-state index >= 15 is 0 Å². The number of hydrogen-bond acceptors (Lipinski definition) is 4. The monoisotopic (exact) mass is 408 g/mol. The van der Waals surface area contributed by atoms with Crippen molar-refractivity contribution in [1.82, 2.24) is 4.31 Å². The summed E-state index contributed by atoms with van der Waals surface area (Å²) in [5, 5.41) is 4.82. The van der Waals surface area contributed by atoms with E-state index in [9.17, 15) is 13.2 Å². The topological polar surface area (TPSA) is 70.9 Å². The lowest BCUT2D eigenvalue weighted by Crippen LogP contribution is -3.19. The van der Waals surface area contributed by atoms with Gasteiger partial charge in [-0.2, -0.15) is 4.31 Å². The molecule has 1 fully saturated rings. The predicted molar refractivity (Wildman–Crippen MR) is 108 cm³/mol. The smallest absolute Gasteiger partial charge is 0.282 e. The Balaban J connectivity index is 1.61. The average Bonchev–Trinajstić information content (AvgIpc) is 3.20. The highest BCUT2D eigenvalue weighted by atomic mass is 32.2. The van der Waals surface area contributed by atoms with E-state index in [0.717, 1.165) is 21.7 Å². The van der Waals surface area contributed by atoms with Crippen molar-refractivity contribution in [3.05, 3.63) is 46.8 Å². The van der Waals surface area contributed by atoms with Gasteiger partial charge in [-0.1, -0.05) is 24.3 Å². The van der Waals surface area contributed by atoms with Crippen LogP contribution in [0.3, 0.4) is 0 Å². The van der Waals surface area contributed by atoms with Crippen molar-refractivity contribution >= 4 is 33.0 Å². The number of amides is 1. The van der Waals surface area contributed by atoms with Crippen LogP contribution in [0, 0.1) is 13.8 Å². The normalized spacial score (nSPS) is 17.6. The first-order valence-corrected chi connectivity index (χ1v) is 11.4. The fourth-order valence-corrected chi connectivity index (χ4v) is 6.00. The quantitative estimate of drug-likeness (QED) is 0.783. The molecule has 1 aliphatic rings. The van der Waals surface area contributed by atoms with Crippen molar-refractivity contribution in [1.29, 1.82) is 0 Å². The molecular formula is C19H26N3O3S2+. The van der Waals surface area contributed by atoms with Crippen molar-refractivity contribution < 1.29 is 18.1 Å². The number of nitrogens with zero attached hydrogens (tertiary/aromatic N) is 1. The number of piperazine rings is 1. The van der Waals surface area contributed by atoms with Gasteiger partial charge in [0.25, 0.3) is 15.9 Å². The van der Waals surface area contributed by atoms with Gasteiger partial charge in [0, 0.05) is 5.69 Å². The highest BCUT2D eigenvalue weighted by Crippen LogP contribution is 2.21. The Labute approximate surface area is 164 Å². The van der Waals surface area contributed by atoms with Crippen molar-refractivity contribution in [3.63, 3.8) is 0 Å². The highest BCUT2D eigenvalue weighted by Gasteiger charge is 2.34. The largest absolute Gasteiger partial charge is 0.323 e. The van der Waals surface area contributed by atoms with E-state index in [1.165, 1.54) is 15.6 Å². The summed E-state index contributed by atoms with van der Waals surface area (Å²) < 4.78 is 27.2. The number of carbonyl (C=O) groups excluding carboxylic acids is 1. The molecule has 2 aromatic rings. The molecule has 2 heterocycles. The molecule has 3 rings (SSSR count). The highest BCUT2D eigenvalue weighted by molar-refractivity contribution is 7.91. The summed E-state index contributed by atoms with van der Waals surface area (Å²) in [6.45, 7) is 7.95. The maximum absolute atomic E-state index is 12.7. The van der Waals surface area contributed by atoms with E-state index in [2.05, 4.69) is 5.32 Å². The van der Waals surface area contributed by atoms with Crippen LogP contribution >= 0.6 is 11.3 Å². The van der Waals surface area contributed by atoms with Gasteiger partial charge in [0.1, 0.15) is 4.21 Å². The van der Waals surface area contributed by atoms with Crippen LogP contribution in [0.5, 0.6) is 0 Å². The fourth-order valence-electron chi connectivity index (χ4n) is 3.41. The third-order valence-electron chi connectivity index (χ3n) is 5.19. The molecule has 1 aromatic carbocycles. The van der Waals surface area contributed by atoms with Crippen LogP contribution in [0.15, 0.2) is 39.9 Å². The molecular weight excluding hydrogens is 382 g/mol. The maximum Gasteiger partial charge on any atom is 0.282 e. The number of benzene rings is 1. The van der Waals surface area contributed by atoms with Gasteiger partial charge in [-0.05, 0) is 43.3 Å². The predicted octanol–water partition coefficient (Wildman–Crippen LogP) is 1.28. The first-order valence-electron chi connectivity index (χ1n) is 9.06. The number of thiophene rings is 1. The molecule has 2 N–H and O–H groups in total. The van der Waals surface area contributed by atoms with Crippen molar-refractivity contribution in [2.24, 2.45) is 0 Å². The van der Waals surface area contributed by atoms with E-state index < -0.39 is 10.0 Å². The van der Waals surface area contributed by atoms with E-state index in [0.29, 0.717) is 30.4 Å². The Morgan fingerprint density at radius 2 is 1.78 bits per heavy atom. The van der Waals surface area contributed by atoms with Gasteiger partial charge in [-0.25, -0.2) is 8.42 Å². The Morgan fingerprint density at radius 3 is 2.33 bits per heavy atom. The number of quaternary nitrogens is 1. The molecule has 0 bridgehead atoms. The minimum absolute atomic E-state index is 0.0306. The fraction of sp³-hybridized carbons (Fsp3) is 0.421. The minimum atomic E-state index is -3.41. The second-order valence-electron chi connectivity index (χ2n) is 6.97. The van der Waals surface area contributed by atoms with E-state index in [4.69, 9.17) is 0 Å². The average molecular weight is 409 g/mol. The van der Waals surface area contributed by atoms with Gasteiger partial charge >= 0.3 is 0 Å². The minimum Gasteiger partial charge on any atom is -0.323 e. The maximum atomic E-state index is 12.7. The van der Waals surface area contributed by atoms with Crippen molar-refractivity contribution in [2.45, 2.75) is 31.0 Å². The van der Waals surface area contributed by atoms with Crippen LogP contribution in [-0.2, 0) is 14.8 Å². The Hall–Kier alpha value is -1.74. The van der Waals surface area contributed by atoms with Crippen molar-refractivity contribution in [3.8, 4) is 0 Å². The van der Waals surface area contributed by atoms with Crippen LogP contribution in [-0.4, -0.2) is 50.9 Å². The number of anilines is 1. The number of nitrogens with one attached hydrogen (secondary N) is 2. The van der Waals surface area contributed by atoms with Gasteiger partial charge in [0.15, 0.2) is 6.04 Å². The van der Waals surface area contributed by atoms with Gasteiger partial charge in [-0.15, -0.1) is 11.3 Å². The lowest BCUT2D eigenvalue weighted by molar-refractivity contribution is -0.917. The van der Waals surface area contributed by atoms with Crippen molar-refractivity contribution in [2.75, 3.05) is 31.5 Å². The number of rotatable bonds is 5. The molecule has 0 aliphatic carbocycles.